The second kappa shape index (κ2) is 19.0. The smallest absolute Gasteiger partial charge is 0.157 e. The Morgan fingerprint density at radius 1 is 0.575 bits per heavy atom. The van der Waals surface area contributed by atoms with E-state index in [1.807, 2.05) is 0 Å². The number of carbonyl (C=O) groups excluding carboxylic acids is 1. The quantitative estimate of drug-likeness (QED) is 0.270. The minimum absolute atomic E-state index is 0.0105. The van der Waals surface area contributed by atoms with Crippen LogP contribution in [0.5, 0.6) is 0 Å². The summed E-state index contributed by atoms with van der Waals surface area (Å²) in [7, 11) is 0. The molecule has 234 valence electrons. The summed E-state index contributed by atoms with van der Waals surface area (Å²) in [6.45, 7) is 0. The average Bonchev–Trinajstić information content (AvgIpc) is 3.00. The van der Waals surface area contributed by atoms with Crippen LogP contribution in [0.25, 0.3) is 0 Å². The third-order valence-corrected chi connectivity index (χ3v) is 11.5. The molecule has 0 bridgehead atoms. The van der Waals surface area contributed by atoms with Crippen molar-refractivity contribution in [2.45, 2.75) is 204 Å². The Hall–Kier alpha value is -0.450. The zero-order valence-electron chi connectivity index (χ0n) is 26.3. The van der Waals surface area contributed by atoms with Crippen molar-refractivity contribution in [3.05, 3.63) is 0 Å². The second-order valence-corrected chi connectivity index (χ2v) is 14.5. The fraction of sp³-hybridized carbons (Fsp3) is 0.972. The molecule has 1 atom stereocenters. The molecular formula is C36H67NO3. The highest BCUT2D eigenvalue weighted by atomic mass is 16.5. The third kappa shape index (κ3) is 11.0. The summed E-state index contributed by atoms with van der Waals surface area (Å²) < 4.78 is 0. The molecule has 3 aliphatic carbocycles. The predicted molar refractivity (Wildman–Crippen MR) is 168 cm³/mol. The van der Waals surface area contributed by atoms with Crippen LogP contribution < -0.4 is 5.73 Å². The summed E-state index contributed by atoms with van der Waals surface area (Å²) in [6, 6.07) is 0. The Balaban J connectivity index is 1.87. The number of hydrogen-bond acceptors (Lipinski definition) is 4. The van der Waals surface area contributed by atoms with Gasteiger partial charge in [0.2, 0.25) is 0 Å². The van der Waals surface area contributed by atoms with Crippen LogP contribution in [0.1, 0.15) is 193 Å². The first-order chi connectivity index (χ1) is 19.5. The number of nitrogens with two attached hydrogens (primary N) is 1. The zero-order valence-corrected chi connectivity index (χ0v) is 26.3. The van der Waals surface area contributed by atoms with Crippen LogP contribution in [0.4, 0.5) is 0 Å². The fourth-order valence-electron chi connectivity index (χ4n) is 8.92. The molecule has 0 saturated heterocycles. The maximum atomic E-state index is 13.8. The lowest BCUT2D eigenvalue weighted by Crippen LogP contribution is -2.58. The zero-order chi connectivity index (χ0) is 28.5. The summed E-state index contributed by atoms with van der Waals surface area (Å²) >= 11 is 0. The normalized spacial score (nSPS) is 26.3. The monoisotopic (exact) mass is 562 g/mol. The molecule has 0 aromatic rings. The lowest BCUT2D eigenvalue weighted by atomic mass is 9.57. The Morgan fingerprint density at radius 2 is 0.925 bits per heavy atom. The molecule has 1 unspecified atom stereocenters. The Kier molecular flexibility index (Phi) is 16.1. The van der Waals surface area contributed by atoms with E-state index >= 15 is 0 Å². The average molecular weight is 562 g/mol. The van der Waals surface area contributed by atoms with Crippen LogP contribution in [0.2, 0.25) is 0 Å². The van der Waals surface area contributed by atoms with Crippen molar-refractivity contribution in [1.29, 1.82) is 0 Å². The molecule has 3 rings (SSSR count). The summed E-state index contributed by atoms with van der Waals surface area (Å²) in [5, 5.41) is 22.5. The van der Waals surface area contributed by atoms with Crippen molar-refractivity contribution in [2.24, 2.45) is 23.0 Å². The van der Waals surface area contributed by atoms with Crippen molar-refractivity contribution in [2.75, 3.05) is 0 Å². The molecule has 3 fully saturated rings. The molecule has 40 heavy (non-hydrogen) atoms. The van der Waals surface area contributed by atoms with Crippen LogP contribution in [0.3, 0.4) is 0 Å². The summed E-state index contributed by atoms with van der Waals surface area (Å²) in [6.07, 6.45) is 32.6. The Labute approximate surface area is 248 Å². The number of Topliss-reactive ketones (excluding diaryl/α,β-unsaturated/α-hetero) is 1. The maximum absolute atomic E-state index is 13.8. The molecule has 3 saturated carbocycles. The van der Waals surface area contributed by atoms with Gasteiger partial charge in [0.25, 0.3) is 0 Å². The fourth-order valence-corrected chi connectivity index (χ4v) is 8.92. The van der Waals surface area contributed by atoms with Crippen molar-refractivity contribution in [3.63, 3.8) is 0 Å². The van der Waals surface area contributed by atoms with Crippen molar-refractivity contribution in [1.82, 2.24) is 0 Å². The van der Waals surface area contributed by atoms with E-state index in [1.165, 1.54) is 116 Å². The standard InChI is InChI=1S/C36H67NO3/c37-36(29-21-15-9-4-10-16-22-30-36)33(26-25-32(38)31-23-17-11-5-3-6-12-18-24-31)35(34(39)40)27-19-13-7-1-2-8-14-20-28-35/h31,33-34,39-40H,1-30,37H2. The van der Waals surface area contributed by atoms with Gasteiger partial charge < -0.3 is 15.9 Å². The molecule has 0 spiro atoms. The predicted octanol–water partition coefficient (Wildman–Crippen LogP) is 9.53. The summed E-state index contributed by atoms with van der Waals surface area (Å²) in [5.74, 6) is 0.621. The number of aliphatic hydroxyl groups excluding tert-OH is 1. The van der Waals surface area contributed by atoms with Gasteiger partial charge in [0.1, 0.15) is 5.78 Å². The minimum atomic E-state index is -1.36. The number of carbonyl (C=O) groups is 1. The molecule has 4 nitrogen and oxygen atoms in total. The van der Waals surface area contributed by atoms with Gasteiger partial charge in [-0.25, -0.2) is 0 Å². The van der Waals surface area contributed by atoms with Crippen molar-refractivity contribution >= 4 is 5.78 Å². The van der Waals surface area contributed by atoms with E-state index in [9.17, 15) is 15.0 Å². The first kappa shape index (κ1) is 34.0. The van der Waals surface area contributed by atoms with Crippen molar-refractivity contribution in [3.8, 4) is 0 Å². The van der Waals surface area contributed by atoms with Gasteiger partial charge in [-0.05, 0) is 50.9 Å². The van der Waals surface area contributed by atoms with E-state index in [2.05, 4.69) is 0 Å². The Morgan fingerprint density at radius 3 is 1.32 bits per heavy atom. The summed E-state index contributed by atoms with van der Waals surface area (Å²) in [5.41, 5.74) is 6.54. The highest BCUT2D eigenvalue weighted by molar-refractivity contribution is 5.81. The third-order valence-electron chi connectivity index (χ3n) is 11.5. The maximum Gasteiger partial charge on any atom is 0.157 e. The highest BCUT2D eigenvalue weighted by Crippen LogP contribution is 2.51. The van der Waals surface area contributed by atoms with E-state index in [-0.39, 0.29) is 11.8 Å². The van der Waals surface area contributed by atoms with Crippen LogP contribution in [-0.4, -0.2) is 27.8 Å². The van der Waals surface area contributed by atoms with Gasteiger partial charge in [0, 0.05) is 23.3 Å². The van der Waals surface area contributed by atoms with Gasteiger partial charge in [-0.2, -0.15) is 0 Å². The van der Waals surface area contributed by atoms with Crippen LogP contribution in [0, 0.1) is 17.3 Å². The molecule has 0 aliphatic heterocycles. The van der Waals surface area contributed by atoms with Crippen LogP contribution in [-0.2, 0) is 4.79 Å². The van der Waals surface area contributed by atoms with Crippen molar-refractivity contribution < 1.29 is 15.0 Å². The van der Waals surface area contributed by atoms with Gasteiger partial charge in [-0.3, -0.25) is 4.79 Å². The van der Waals surface area contributed by atoms with E-state index in [1.54, 1.807) is 0 Å². The molecule has 4 N–H and O–H groups in total. The van der Waals surface area contributed by atoms with E-state index in [4.69, 9.17) is 5.73 Å². The first-order valence-corrected chi connectivity index (χ1v) is 18.2. The molecule has 4 heteroatoms. The highest BCUT2D eigenvalue weighted by Gasteiger charge is 2.51. The summed E-state index contributed by atoms with van der Waals surface area (Å²) in [4.78, 5) is 13.8. The molecule has 0 amide bonds. The number of ketones is 1. The number of aliphatic hydroxyl groups is 2. The molecule has 0 aromatic carbocycles. The van der Waals surface area contributed by atoms with Gasteiger partial charge in [0.05, 0.1) is 0 Å². The largest absolute Gasteiger partial charge is 0.368 e. The van der Waals surface area contributed by atoms with E-state index in [0.29, 0.717) is 12.2 Å². The van der Waals surface area contributed by atoms with E-state index in [0.717, 1.165) is 70.6 Å². The number of hydrogen-bond donors (Lipinski definition) is 3. The van der Waals surface area contributed by atoms with Gasteiger partial charge in [0.15, 0.2) is 6.29 Å². The van der Waals surface area contributed by atoms with Crippen LogP contribution >= 0.6 is 0 Å². The van der Waals surface area contributed by atoms with Gasteiger partial charge in [-0.15, -0.1) is 0 Å². The SMILES string of the molecule is NC1(C(CCC(=O)C2CCCCCCCCC2)C2(C(O)O)CCCCCCCCCC2)CCCCCCCCC1. The molecule has 0 heterocycles. The lowest BCUT2D eigenvalue weighted by molar-refractivity contribution is -0.182. The van der Waals surface area contributed by atoms with E-state index < -0.39 is 17.2 Å². The Bertz CT molecular complexity index is 645. The first-order valence-electron chi connectivity index (χ1n) is 18.2. The number of rotatable bonds is 7. The molecule has 0 aromatic heterocycles. The molecule has 3 aliphatic rings. The van der Waals surface area contributed by atoms with Gasteiger partial charge in [-0.1, -0.05) is 141 Å². The molecule has 0 radical (unpaired) electrons. The second-order valence-electron chi connectivity index (χ2n) is 14.5. The molecular weight excluding hydrogens is 494 g/mol. The minimum Gasteiger partial charge on any atom is -0.368 e. The van der Waals surface area contributed by atoms with Gasteiger partial charge >= 0.3 is 0 Å². The topological polar surface area (TPSA) is 83.6 Å². The van der Waals surface area contributed by atoms with Crippen LogP contribution in [0.15, 0.2) is 0 Å². The lowest BCUT2D eigenvalue weighted by Gasteiger charge is -2.52.